The lowest BCUT2D eigenvalue weighted by Crippen LogP contribution is -2.09. The predicted molar refractivity (Wildman–Crippen MR) is 119 cm³/mol. The lowest BCUT2D eigenvalue weighted by atomic mass is 9.83. The van der Waals surface area contributed by atoms with E-state index < -0.39 is 0 Å². The standard InChI is InChI=1S/C14H22.C12H20/c1-8(2)14-12(6)10(4)9(3)11(5)13(14)7;1-8-7-11(12(4,5)6)10(3)9(8)2/h8H,1-7H3;7H2,1-6H3. The summed E-state index contributed by atoms with van der Waals surface area (Å²) in [5, 5.41) is 0. The summed E-state index contributed by atoms with van der Waals surface area (Å²) in [7, 11) is 0. The third-order valence-corrected chi connectivity index (χ3v) is 6.64. The molecule has 0 radical (unpaired) electrons. The van der Waals surface area contributed by atoms with Crippen LogP contribution in [0.4, 0.5) is 0 Å². The van der Waals surface area contributed by atoms with Crippen LogP contribution in [0.3, 0.4) is 0 Å². The van der Waals surface area contributed by atoms with Crippen molar-refractivity contribution in [3.8, 4) is 0 Å². The number of benzene rings is 1. The fourth-order valence-corrected chi connectivity index (χ4v) is 4.30. The summed E-state index contributed by atoms with van der Waals surface area (Å²) in [4.78, 5) is 0. The molecule has 0 atom stereocenters. The zero-order chi connectivity index (χ0) is 20.6. The van der Waals surface area contributed by atoms with E-state index in [-0.39, 0.29) is 0 Å². The van der Waals surface area contributed by atoms with E-state index in [1.807, 2.05) is 0 Å². The molecule has 1 aliphatic rings. The van der Waals surface area contributed by atoms with Crippen LogP contribution in [0.2, 0.25) is 0 Å². The Labute approximate surface area is 163 Å². The maximum absolute atomic E-state index is 2.30. The highest BCUT2D eigenvalue weighted by atomic mass is 14.3. The fraction of sp³-hybridized carbons (Fsp3) is 0.615. The molecule has 0 aliphatic heterocycles. The molecule has 0 bridgehead atoms. The maximum Gasteiger partial charge on any atom is -0.00943 e. The van der Waals surface area contributed by atoms with E-state index >= 15 is 0 Å². The number of rotatable bonds is 1. The second-order valence-corrected chi connectivity index (χ2v) is 9.63. The molecule has 0 saturated heterocycles. The van der Waals surface area contributed by atoms with Crippen LogP contribution in [0.1, 0.15) is 101 Å². The van der Waals surface area contributed by atoms with E-state index in [4.69, 9.17) is 0 Å². The average molecular weight is 355 g/mol. The zero-order valence-corrected chi connectivity index (χ0v) is 19.8. The molecule has 0 nitrogen and oxygen atoms in total. The van der Waals surface area contributed by atoms with Crippen molar-refractivity contribution >= 4 is 0 Å². The average Bonchev–Trinajstić information content (AvgIpc) is 2.79. The Morgan fingerprint density at radius 1 is 0.615 bits per heavy atom. The van der Waals surface area contributed by atoms with Gasteiger partial charge in [-0.1, -0.05) is 45.8 Å². The van der Waals surface area contributed by atoms with Crippen LogP contribution in [0.5, 0.6) is 0 Å². The second kappa shape index (κ2) is 8.15. The quantitative estimate of drug-likeness (QED) is 0.474. The fourth-order valence-electron chi connectivity index (χ4n) is 4.30. The molecule has 26 heavy (non-hydrogen) atoms. The molecule has 1 aliphatic carbocycles. The summed E-state index contributed by atoms with van der Waals surface area (Å²) in [6.07, 6.45) is 1.20. The predicted octanol–water partition coefficient (Wildman–Crippen LogP) is 8.44. The topological polar surface area (TPSA) is 0 Å². The Hall–Kier alpha value is -1.30. The molecule has 0 unspecified atom stereocenters. The number of allylic oxidation sites excluding steroid dienone is 4. The first-order valence-electron chi connectivity index (χ1n) is 10.2. The molecule has 0 heterocycles. The van der Waals surface area contributed by atoms with E-state index in [2.05, 4.69) is 90.0 Å². The Morgan fingerprint density at radius 2 is 1.00 bits per heavy atom. The van der Waals surface area contributed by atoms with Gasteiger partial charge in [0, 0.05) is 0 Å². The summed E-state index contributed by atoms with van der Waals surface area (Å²) < 4.78 is 0. The van der Waals surface area contributed by atoms with Crippen molar-refractivity contribution in [1.29, 1.82) is 0 Å². The van der Waals surface area contributed by atoms with E-state index in [0.29, 0.717) is 11.3 Å². The van der Waals surface area contributed by atoms with Crippen molar-refractivity contribution in [1.82, 2.24) is 0 Å². The molecule has 146 valence electrons. The normalized spacial score (nSPS) is 15.0. The van der Waals surface area contributed by atoms with Gasteiger partial charge in [-0.2, -0.15) is 0 Å². The van der Waals surface area contributed by atoms with Gasteiger partial charge in [-0.05, 0) is 118 Å². The van der Waals surface area contributed by atoms with Crippen molar-refractivity contribution in [3.05, 3.63) is 55.7 Å². The van der Waals surface area contributed by atoms with E-state index in [1.54, 1.807) is 16.7 Å². The smallest absolute Gasteiger partial charge is 0.00943 e. The van der Waals surface area contributed by atoms with Gasteiger partial charge in [0.25, 0.3) is 0 Å². The van der Waals surface area contributed by atoms with Gasteiger partial charge < -0.3 is 0 Å². The minimum absolute atomic E-state index is 0.350. The molecule has 0 amide bonds. The van der Waals surface area contributed by atoms with Crippen LogP contribution >= 0.6 is 0 Å². The molecule has 1 aromatic rings. The SMILES string of the molecule is CC1=C(C)C(C)=C(C(C)(C)C)C1.Cc1c(C)c(C)c(C(C)C)c(C)c1C. The lowest BCUT2D eigenvalue weighted by Gasteiger charge is -2.22. The third-order valence-electron chi connectivity index (χ3n) is 6.64. The maximum atomic E-state index is 2.30. The number of hydrogen-bond donors (Lipinski definition) is 0. The molecule has 2 rings (SSSR count). The van der Waals surface area contributed by atoms with Crippen molar-refractivity contribution in [2.75, 3.05) is 0 Å². The van der Waals surface area contributed by atoms with Crippen LogP contribution in [0.15, 0.2) is 22.3 Å². The molecular weight excluding hydrogens is 312 g/mol. The summed E-state index contributed by atoms with van der Waals surface area (Å²) in [5.74, 6) is 0.632. The van der Waals surface area contributed by atoms with Crippen LogP contribution in [-0.4, -0.2) is 0 Å². The first kappa shape index (κ1) is 22.7. The molecular formula is C26H42. The van der Waals surface area contributed by atoms with E-state index in [0.717, 1.165) is 0 Å². The molecule has 0 aromatic heterocycles. The Balaban J connectivity index is 0.000000263. The van der Waals surface area contributed by atoms with Crippen molar-refractivity contribution in [2.24, 2.45) is 5.41 Å². The van der Waals surface area contributed by atoms with Gasteiger partial charge in [-0.3, -0.25) is 0 Å². The van der Waals surface area contributed by atoms with Crippen LogP contribution in [0.25, 0.3) is 0 Å². The Bertz CT molecular complexity index is 714. The lowest BCUT2D eigenvalue weighted by molar-refractivity contribution is 0.490. The monoisotopic (exact) mass is 354 g/mol. The van der Waals surface area contributed by atoms with Gasteiger partial charge in [-0.15, -0.1) is 0 Å². The van der Waals surface area contributed by atoms with E-state index in [9.17, 15) is 0 Å². The Morgan fingerprint density at radius 3 is 1.23 bits per heavy atom. The largest absolute Gasteiger partial charge is 0.0660 e. The summed E-state index contributed by atoms with van der Waals surface area (Å²) in [5.41, 5.74) is 15.5. The molecule has 0 heteroatoms. The highest BCUT2D eigenvalue weighted by Crippen LogP contribution is 2.41. The van der Waals surface area contributed by atoms with Gasteiger partial charge in [0.1, 0.15) is 0 Å². The first-order chi connectivity index (χ1) is 11.7. The van der Waals surface area contributed by atoms with Crippen molar-refractivity contribution < 1.29 is 0 Å². The molecule has 0 spiro atoms. The molecule has 0 N–H and O–H groups in total. The minimum Gasteiger partial charge on any atom is -0.0660 e. The van der Waals surface area contributed by atoms with E-state index in [1.165, 1.54) is 45.4 Å². The molecule has 1 aromatic carbocycles. The third kappa shape index (κ3) is 4.51. The van der Waals surface area contributed by atoms with Gasteiger partial charge >= 0.3 is 0 Å². The van der Waals surface area contributed by atoms with Gasteiger partial charge in [-0.25, -0.2) is 0 Å². The van der Waals surface area contributed by atoms with Crippen LogP contribution in [0, 0.1) is 40.0 Å². The second-order valence-electron chi connectivity index (χ2n) is 9.63. The minimum atomic E-state index is 0.350. The van der Waals surface area contributed by atoms with Crippen LogP contribution < -0.4 is 0 Å². The van der Waals surface area contributed by atoms with Crippen molar-refractivity contribution in [2.45, 2.75) is 102 Å². The summed E-state index contributed by atoms with van der Waals surface area (Å²) in [6.45, 7) is 29.4. The van der Waals surface area contributed by atoms with Crippen LogP contribution in [-0.2, 0) is 0 Å². The summed E-state index contributed by atoms with van der Waals surface area (Å²) in [6, 6.07) is 0. The molecule has 0 saturated carbocycles. The first-order valence-corrected chi connectivity index (χ1v) is 10.2. The van der Waals surface area contributed by atoms with Gasteiger partial charge in [0.2, 0.25) is 0 Å². The Kier molecular flexibility index (Phi) is 7.13. The zero-order valence-electron chi connectivity index (χ0n) is 19.8. The van der Waals surface area contributed by atoms with Crippen molar-refractivity contribution in [3.63, 3.8) is 0 Å². The highest BCUT2D eigenvalue weighted by molar-refractivity contribution is 5.50. The highest BCUT2D eigenvalue weighted by Gasteiger charge is 2.25. The number of hydrogen-bond acceptors (Lipinski definition) is 0. The summed E-state index contributed by atoms with van der Waals surface area (Å²) >= 11 is 0. The van der Waals surface area contributed by atoms with Gasteiger partial charge in [0.05, 0.1) is 0 Å². The van der Waals surface area contributed by atoms with Gasteiger partial charge in [0.15, 0.2) is 0 Å². The molecule has 0 fully saturated rings.